The van der Waals surface area contributed by atoms with Crippen molar-refractivity contribution in [3.63, 3.8) is 0 Å². The minimum atomic E-state index is 0.387. The summed E-state index contributed by atoms with van der Waals surface area (Å²) in [5.41, 5.74) is 1.28. The molecule has 2 aromatic carbocycles. The van der Waals surface area contributed by atoms with Gasteiger partial charge in [-0.3, -0.25) is 0 Å². The number of alkyl halides is 1. The molecule has 0 N–H and O–H groups in total. The highest BCUT2D eigenvalue weighted by Crippen LogP contribution is 2.33. The van der Waals surface area contributed by atoms with Crippen molar-refractivity contribution >= 4 is 26.7 Å². The minimum absolute atomic E-state index is 0.387. The number of ether oxygens (including phenoxy) is 1. The normalized spacial score (nSPS) is 22.9. The molecular weight excluding hydrogens is 312 g/mol. The van der Waals surface area contributed by atoms with Gasteiger partial charge in [0.25, 0.3) is 0 Å². The van der Waals surface area contributed by atoms with Crippen LogP contribution in [0.1, 0.15) is 38.2 Å². The van der Waals surface area contributed by atoms with E-state index in [9.17, 15) is 0 Å². The second kappa shape index (κ2) is 6.17. The second-order valence-electron chi connectivity index (χ2n) is 5.91. The van der Waals surface area contributed by atoms with E-state index in [0.717, 1.165) is 17.0 Å². The number of benzene rings is 2. The van der Waals surface area contributed by atoms with E-state index in [-0.39, 0.29) is 0 Å². The molecular formula is C18H21BrO. The summed E-state index contributed by atoms with van der Waals surface area (Å²) >= 11 is 3.63. The lowest BCUT2D eigenvalue weighted by Crippen LogP contribution is -2.24. The molecule has 1 aliphatic carbocycles. The van der Waals surface area contributed by atoms with Crippen LogP contribution in [0.25, 0.3) is 10.8 Å². The second-order valence-corrected chi connectivity index (χ2v) is 6.47. The lowest BCUT2D eigenvalue weighted by Gasteiger charge is -2.28. The Morgan fingerprint density at radius 1 is 1.15 bits per heavy atom. The average Bonchev–Trinajstić information content (AvgIpc) is 2.47. The van der Waals surface area contributed by atoms with E-state index in [2.05, 4.69) is 59.3 Å². The summed E-state index contributed by atoms with van der Waals surface area (Å²) in [6, 6.07) is 12.8. The number of hydrogen-bond acceptors (Lipinski definition) is 1. The maximum absolute atomic E-state index is 6.33. The van der Waals surface area contributed by atoms with Crippen LogP contribution in [0.4, 0.5) is 0 Å². The quantitative estimate of drug-likeness (QED) is 0.656. The lowest BCUT2D eigenvalue weighted by molar-refractivity contribution is 0.128. The molecule has 1 nitrogen and oxygen atoms in total. The molecule has 106 valence electrons. The molecule has 2 aromatic rings. The van der Waals surface area contributed by atoms with E-state index < -0.39 is 0 Å². The van der Waals surface area contributed by atoms with Crippen molar-refractivity contribution in [3.8, 4) is 5.75 Å². The largest absolute Gasteiger partial charge is 0.490 e. The molecule has 3 rings (SSSR count). The van der Waals surface area contributed by atoms with Crippen molar-refractivity contribution in [1.82, 2.24) is 0 Å². The van der Waals surface area contributed by atoms with Crippen molar-refractivity contribution in [3.05, 3.63) is 42.0 Å². The lowest BCUT2D eigenvalue weighted by atomic mass is 9.88. The molecule has 1 aliphatic rings. The van der Waals surface area contributed by atoms with Crippen LogP contribution in [-0.4, -0.2) is 6.10 Å². The Hall–Kier alpha value is -1.02. The van der Waals surface area contributed by atoms with Gasteiger partial charge in [0.15, 0.2) is 0 Å². The Morgan fingerprint density at radius 3 is 2.80 bits per heavy atom. The zero-order chi connectivity index (χ0) is 13.9. The van der Waals surface area contributed by atoms with Crippen LogP contribution in [-0.2, 0) is 5.33 Å². The van der Waals surface area contributed by atoms with Gasteiger partial charge in [-0.15, -0.1) is 0 Å². The Balaban J connectivity index is 1.90. The van der Waals surface area contributed by atoms with Crippen LogP contribution >= 0.6 is 15.9 Å². The van der Waals surface area contributed by atoms with Crippen LogP contribution in [0.3, 0.4) is 0 Å². The third kappa shape index (κ3) is 2.85. The van der Waals surface area contributed by atoms with Crippen LogP contribution in [0.5, 0.6) is 5.75 Å². The minimum Gasteiger partial charge on any atom is -0.490 e. The van der Waals surface area contributed by atoms with E-state index in [1.807, 2.05) is 0 Å². The van der Waals surface area contributed by atoms with Gasteiger partial charge in [0.05, 0.1) is 6.10 Å². The van der Waals surface area contributed by atoms with Gasteiger partial charge in [0, 0.05) is 10.9 Å². The molecule has 0 bridgehead atoms. The Kier molecular flexibility index (Phi) is 4.30. The van der Waals surface area contributed by atoms with Gasteiger partial charge in [0.2, 0.25) is 0 Å². The number of halogens is 1. The first-order valence-electron chi connectivity index (χ1n) is 7.51. The first kappa shape index (κ1) is 13.9. The fraction of sp³-hybridized carbons (Fsp3) is 0.444. The predicted molar refractivity (Wildman–Crippen MR) is 88.6 cm³/mol. The molecule has 1 fully saturated rings. The first-order chi connectivity index (χ1) is 9.78. The van der Waals surface area contributed by atoms with Gasteiger partial charge in [-0.05, 0) is 42.0 Å². The fourth-order valence-corrected chi connectivity index (χ4v) is 3.81. The number of fused-ring (bicyclic) bond motifs is 1. The van der Waals surface area contributed by atoms with E-state index in [4.69, 9.17) is 4.74 Å². The molecule has 0 radical (unpaired) electrons. The average molecular weight is 333 g/mol. The summed E-state index contributed by atoms with van der Waals surface area (Å²) in [4.78, 5) is 0. The summed E-state index contributed by atoms with van der Waals surface area (Å²) in [6.07, 6.45) is 5.41. The van der Waals surface area contributed by atoms with Gasteiger partial charge in [0.1, 0.15) is 5.75 Å². The Bertz CT molecular complexity index is 593. The molecule has 1 saturated carbocycles. The molecule has 0 saturated heterocycles. The first-order valence-corrected chi connectivity index (χ1v) is 8.63. The van der Waals surface area contributed by atoms with Crippen molar-refractivity contribution in [1.29, 1.82) is 0 Å². The molecule has 20 heavy (non-hydrogen) atoms. The summed E-state index contributed by atoms with van der Waals surface area (Å²) < 4.78 is 6.33. The highest BCUT2D eigenvalue weighted by atomic mass is 79.9. The standard InChI is InChI=1S/C18H21BrO/c1-13-5-4-7-15(11-13)20-18-10-9-14-6-2-3-8-16(14)17(18)12-19/h2-3,6,8-10,13,15H,4-5,7,11-12H2,1H3. The number of rotatable bonds is 3. The molecule has 2 unspecified atom stereocenters. The van der Waals surface area contributed by atoms with Crippen molar-refractivity contribution in [2.75, 3.05) is 0 Å². The van der Waals surface area contributed by atoms with Gasteiger partial charge < -0.3 is 4.74 Å². The Labute approximate surface area is 129 Å². The molecule has 0 amide bonds. The third-order valence-corrected chi connectivity index (χ3v) is 4.87. The van der Waals surface area contributed by atoms with E-state index in [1.165, 1.54) is 42.0 Å². The topological polar surface area (TPSA) is 9.23 Å². The highest BCUT2D eigenvalue weighted by Gasteiger charge is 2.21. The van der Waals surface area contributed by atoms with Crippen molar-refractivity contribution < 1.29 is 4.74 Å². The Morgan fingerprint density at radius 2 is 2.00 bits per heavy atom. The van der Waals surface area contributed by atoms with Crippen LogP contribution in [0.15, 0.2) is 36.4 Å². The maximum Gasteiger partial charge on any atom is 0.124 e. The maximum atomic E-state index is 6.33. The fourth-order valence-electron chi connectivity index (χ4n) is 3.23. The summed E-state index contributed by atoms with van der Waals surface area (Å²) in [5, 5.41) is 3.42. The molecule has 0 heterocycles. The molecule has 2 heteroatoms. The van der Waals surface area contributed by atoms with E-state index >= 15 is 0 Å². The van der Waals surface area contributed by atoms with Crippen LogP contribution in [0.2, 0.25) is 0 Å². The third-order valence-electron chi connectivity index (χ3n) is 4.31. The van der Waals surface area contributed by atoms with Crippen molar-refractivity contribution in [2.24, 2.45) is 5.92 Å². The smallest absolute Gasteiger partial charge is 0.124 e. The monoisotopic (exact) mass is 332 g/mol. The zero-order valence-corrected chi connectivity index (χ0v) is 13.5. The molecule has 0 aromatic heterocycles. The van der Waals surface area contributed by atoms with Gasteiger partial charge in [-0.2, -0.15) is 0 Å². The van der Waals surface area contributed by atoms with Crippen LogP contribution in [0, 0.1) is 5.92 Å². The summed E-state index contributed by atoms with van der Waals surface area (Å²) in [6.45, 7) is 2.33. The summed E-state index contributed by atoms with van der Waals surface area (Å²) in [7, 11) is 0. The molecule has 0 aliphatic heterocycles. The molecule has 0 spiro atoms. The van der Waals surface area contributed by atoms with Gasteiger partial charge in [-0.25, -0.2) is 0 Å². The number of hydrogen-bond donors (Lipinski definition) is 0. The van der Waals surface area contributed by atoms with Gasteiger partial charge in [-0.1, -0.05) is 59.6 Å². The predicted octanol–water partition coefficient (Wildman–Crippen LogP) is 5.69. The summed E-state index contributed by atoms with van der Waals surface area (Å²) in [5.74, 6) is 1.85. The van der Waals surface area contributed by atoms with Crippen LogP contribution < -0.4 is 4.74 Å². The SMILES string of the molecule is CC1CCCC(Oc2ccc3ccccc3c2CBr)C1. The van der Waals surface area contributed by atoms with E-state index in [0.29, 0.717) is 6.10 Å². The van der Waals surface area contributed by atoms with Crippen molar-refractivity contribution in [2.45, 2.75) is 44.0 Å². The molecule has 2 atom stereocenters. The van der Waals surface area contributed by atoms with Gasteiger partial charge >= 0.3 is 0 Å². The zero-order valence-electron chi connectivity index (χ0n) is 11.9. The van der Waals surface area contributed by atoms with E-state index in [1.54, 1.807) is 0 Å². The highest BCUT2D eigenvalue weighted by molar-refractivity contribution is 9.08.